The van der Waals surface area contributed by atoms with Crippen molar-refractivity contribution in [3.63, 3.8) is 0 Å². The molecule has 1 aromatic carbocycles. The number of aromatic nitrogens is 3. The molecule has 3 saturated heterocycles. The number of aryl methyl sites for hydroxylation is 1. The van der Waals surface area contributed by atoms with Gasteiger partial charge >= 0.3 is 0 Å². The van der Waals surface area contributed by atoms with Gasteiger partial charge in [-0.05, 0) is 75.2 Å². The molecule has 3 aromatic rings. The maximum Gasteiger partial charge on any atom is 0.227 e. The van der Waals surface area contributed by atoms with Crippen molar-refractivity contribution in [1.82, 2.24) is 19.9 Å². The molecule has 2 aromatic heterocycles. The summed E-state index contributed by atoms with van der Waals surface area (Å²) in [5.41, 5.74) is 6.65. The summed E-state index contributed by atoms with van der Waals surface area (Å²) >= 11 is 0. The lowest BCUT2D eigenvalue weighted by Crippen LogP contribution is -2.44. The number of rotatable bonds is 5. The molecule has 34 heavy (non-hydrogen) atoms. The van der Waals surface area contributed by atoms with E-state index in [1.54, 1.807) is 6.20 Å². The second-order valence-corrected chi connectivity index (χ2v) is 9.89. The van der Waals surface area contributed by atoms with Crippen LogP contribution in [0.4, 0.5) is 17.3 Å². The Morgan fingerprint density at radius 3 is 2.59 bits per heavy atom. The van der Waals surface area contributed by atoms with Crippen LogP contribution < -0.4 is 10.2 Å². The number of hydrogen-bond donors (Lipinski definition) is 1. The third kappa shape index (κ3) is 4.14. The summed E-state index contributed by atoms with van der Waals surface area (Å²) in [7, 11) is 2.24. The normalized spacial score (nSPS) is 22.9. The number of nitrogens with one attached hydrogen (secondary N) is 1. The van der Waals surface area contributed by atoms with Crippen molar-refractivity contribution in [3.8, 4) is 11.3 Å². The van der Waals surface area contributed by atoms with E-state index in [4.69, 9.17) is 14.7 Å². The zero-order chi connectivity index (χ0) is 23.1. The fourth-order valence-electron chi connectivity index (χ4n) is 5.72. The number of pyridine rings is 1. The van der Waals surface area contributed by atoms with Crippen molar-refractivity contribution in [2.75, 3.05) is 43.6 Å². The topological polar surface area (TPSA) is 66.4 Å². The van der Waals surface area contributed by atoms with E-state index in [9.17, 15) is 0 Å². The molecule has 3 aliphatic heterocycles. The number of likely N-dealkylation sites (N-methyl/N-ethyl adjacent to an activating group) is 1. The van der Waals surface area contributed by atoms with E-state index in [-0.39, 0.29) is 0 Å². The lowest BCUT2D eigenvalue weighted by molar-refractivity contribution is 0.0845. The van der Waals surface area contributed by atoms with E-state index in [0.29, 0.717) is 23.9 Å². The van der Waals surface area contributed by atoms with Gasteiger partial charge in [0.25, 0.3) is 0 Å². The highest BCUT2D eigenvalue weighted by molar-refractivity contribution is 5.66. The predicted molar refractivity (Wildman–Crippen MR) is 135 cm³/mol. The first-order valence-electron chi connectivity index (χ1n) is 12.4. The minimum absolute atomic E-state index is 0.494. The highest BCUT2D eigenvalue weighted by Gasteiger charge is 2.41. The molecule has 3 fully saturated rings. The first kappa shape index (κ1) is 21.5. The molecule has 0 unspecified atom stereocenters. The van der Waals surface area contributed by atoms with Crippen LogP contribution >= 0.6 is 0 Å². The van der Waals surface area contributed by atoms with Crippen LogP contribution in [-0.2, 0) is 4.74 Å². The van der Waals surface area contributed by atoms with Crippen LogP contribution in [0.1, 0.15) is 36.4 Å². The van der Waals surface area contributed by atoms with Gasteiger partial charge < -0.3 is 15.0 Å². The van der Waals surface area contributed by atoms with E-state index in [1.807, 2.05) is 12.3 Å². The Bertz CT molecular complexity index is 1160. The molecule has 2 atom stereocenters. The largest absolute Gasteiger partial charge is 0.381 e. The smallest absolute Gasteiger partial charge is 0.227 e. The molecule has 5 heterocycles. The molecule has 0 radical (unpaired) electrons. The second kappa shape index (κ2) is 8.96. The molecule has 1 N–H and O–H groups in total. The fraction of sp³-hybridized carbons (Fsp3) is 0.444. The molecule has 6 rings (SSSR count). The monoisotopic (exact) mass is 456 g/mol. The van der Waals surface area contributed by atoms with Gasteiger partial charge in [0.2, 0.25) is 5.95 Å². The molecule has 7 heteroatoms. The Labute approximate surface area is 201 Å². The van der Waals surface area contributed by atoms with Crippen molar-refractivity contribution in [3.05, 3.63) is 60.0 Å². The fourth-order valence-corrected chi connectivity index (χ4v) is 5.72. The molecular weight excluding hydrogens is 424 g/mol. The van der Waals surface area contributed by atoms with Gasteiger partial charge in [-0.2, -0.15) is 0 Å². The Kier molecular flexibility index (Phi) is 5.67. The zero-order valence-electron chi connectivity index (χ0n) is 19.9. The minimum atomic E-state index is 0.494. The molecule has 0 saturated carbocycles. The number of anilines is 3. The molecule has 176 valence electrons. The van der Waals surface area contributed by atoms with Gasteiger partial charge in [0, 0.05) is 79.3 Å². The van der Waals surface area contributed by atoms with Crippen molar-refractivity contribution in [2.45, 2.75) is 44.2 Å². The lowest BCUT2D eigenvalue weighted by Gasteiger charge is -2.34. The highest BCUT2D eigenvalue weighted by Crippen LogP contribution is 2.36. The second-order valence-electron chi connectivity index (χ2n) is 9.89. The Morgan fingerprint density at radius 2 is 1.88 bits per heavy atom. The Morgan fingerprint density at radius 1 is 1.00 bits per heavy atom. The highest BCUT2D eigenvalue weighted by atomic mass is 16.5. The number of ether oxygens (including phenoxy) is 1. The van der Waals surface area contributed by atoms with Crippen LogP contribution in [0, 0.1) is 6.92 Å². The van der Waals surface area contributed by atoms with Gasteiger partial charge in [0.15, 0.2) is 0 Å². The van der Waals surface area contributed by atoms with E-state index in [1.165, 1.54) is 17.7 Å². The van der Waals surface area contributed by atoms with Crippen LogP contribution in [0.15, 0.2) is 48.8 Å². The average molecular weight is 457 g/mol. The Hall–Kier alpha value is -3.03. The predicted octanol–water partition coefficient (Wildman–Crippen LogP) is 4.38. The maximum atomic E-state index is 5.48. The van der Waals surface area contributed by atoms with Gasteiger partial charge in [-0.1, -0.05) is 0 Å². The van der Waals surface area contributed by atoms with Crippen molar-refractivity contribution < 1.29 is 4.74 Å². The zero-order valence-corrected chi connectivity index (χ0v) is 19.9. The van der Waals surface area contributed by atoms with Gasteiger partial charge in [0.05, 0.1) is 5.69 Å². The molecule has 3 aliphatic rings. The van der Waals surface area contributed by atoms with Crippen molar-refractivity contribution in [2.24, 2.45) is 0 Å². The lowest BCUT2D eigenvalue weighted by atomic mass is 9.95. The quantitative estimate of drug-likeness (QED) is 0.611. The molecule has 7 nitrogen and oxygen atoms in total. The summed E-state index contributed by atoms with van der Waals surface area (Å²) < 4.78 is 5.48. The van der Waals surface area contributed by atoms with Crippen LogP contribution in [0.25, 0.3) is 11.3 Å². The van der Waals surface area contributed by atoms with Crippen molar-refractivity contribution in [1.29, 1.82) is 0 Å². The van der Waals surface area contributed by atoms with E-state index >= 15 is 0 Å². The number of benzene rings is 1. The molecule has 0 aliphatic carbocycles. The van der Waals surface area contributed by atoms with Gasteiger partial charge in [-0.25, -0.2) is 9.97 Å². The summed E-state index contributed by atoms with van der Waals surface area (Å²) in [6, 6.07) is 14.1. The van der Waals surface area contributed by atoms with Gasteiger partial charge in [-0.15, -0.1) is 0 Å². The number of likely N-dealkylation sites (tertiary alicyclic amines) is 1. The number of hydrogen-bond acceptors (Lipinski definition) is 7. The summed E-state index contributed by atoms with van der Waals surface area (Å²) in [5, 5.41) is 3.39. The first-order valence-corrected chi connectivity index (χ1v) is 12.4. The van der Waals surface area contributed by atoms with E-state index < -0.39 is 0 Å². The Balaban J connectivity index is 1.16. The van der Waals surface area contributed by atoms with Gasteiger partial charge in [-0.3, -0.25) is 9.88 Å². The van der Waals surface area contributed by atoms with Crippen LogP contribution in [0.2, 0.25) is 0 Å². The third-order valence-corrected chi connectivity index (χ3v) is 7.65. The van der Waals surface area contributed by atoms with E-state index in [2.05, 4.69) is 64.4 Å². The molecule has 2 bridgehead atoms. The third-order valence-electron chi connectivity index (χ3n) is 7.65. The average Bonchev–Trinajstić information content (AvgIpc) is 3.45. The summed E-state index contributed by atoms with van der Waals surface area (Å²) in [5.74, 6) is 1.09. The molecular formula is C27H32N6O. The van der Waals surface area contributed by atoms with Crippen LogP contribution in [0.3, 0.4) is 0 Å². The van der Waals surface area contributed by atoms with Crippen LogP contribution in [-0.4, -0.2) is 65.3 Å². The van der Waals surface area contributed by atoms with E-state index in [0.717, 1.165) is 61.8 Å². The van der Waals surface area contributed by atoms with Crippen molar-refractivity contribution >= 4 is 17.3 Å². The van der Waals surface area contributed by atoms with Gasteiger partial charge in [0.1, 0.15) is 0 Å². The maximum absolute atomic E-state index is 5.48. The number of fused-ring (bicyclic) bond motifs is 2. The SMILES string of the molecule is Cc1cc(Nc2nccc(-c3ccc(C4CCOCC4)nc3)n2)ccc1N1C[C@@H]2C[C@H]1CN2C. The standard InChI is InChI=1S/C27H32N6O/c1-18-13-21(4-6-26(18)33-17-22-14-23(33)16-32(22)2)30-27-28-10-7-25(31-27)20-3-5-24(29-15-20)19-8-11-34-12-9-19/h3-7,10,13,15,19,22-23H,8-9,11-12,14,16-17H2,1-2H3,(H,28,30,31)/t22-,23-/m0/s1. The van der Waals surface area contributed by atoms with Crippen LogP contribution in [0.5, 0.6) is 0 Å². The first-order chi connectivity index (χ1) is 16.6. The molecule has 0 spiro atoms. The number of piperazine rings is 1. The molecule has 0 amide bonds. The summed E-state index contributed by atoms with van der Waals surface area (Å²) in [4.78, 5) is 19.0. The minimum Gasteiger partial charge on any atom is -0.381 e. The number of nitrogens with zero attached hydrogens (tertiary/aromatic N) is 5. The summed E-state index contributed by atoms with van der Waals surface area (Å²) in [6.45, 7) is 6.13. The summed E-state index contributed by atoms with van der Waals surface area (Å²) in [6.07, 6.45) is 7.10.